The number of likely N-dealkylation sites (tertiary alicyclic amines) is 1. The lowest BCUT2D eigenvalue weighted by Gasteiger charge is -2.34. The molecule has 1 atom stereocenters. The molecule has 1 saturated heterocycles. The van der Waals surface area contributed by atoms with Gasteiger partial charge in [0, 0.05) is 68.1 Å². The average molecular weight is 394 g/mol. The van der Waals surface area contributed by atoms with Gasteiger partial charge in [0.15, 0.2) is 0 Å². The van der Waals surface area contributed by atoms with Crippen molar-refractivity contribution in [1.29, 1.82) is 0 Å². The molecule has 29 heavy (non-hydrogen) atoms. The summed E-state index contributed by atoms with van der Waals surface area (Å²) in [5.41, 5.74) is 3.51. The number of amides is 1. The largest absolute Gasteiger partial charge is 0.356 e. The monoisotopic (exact) mass is 393 g/mol. The number of rotatable bonds is 5. The van der Waals surface area contributed by atoms with Crippen LogP contribution in [-0.2, 0) is 17.6 Å². The van der Waals surface area contributed by atoms with Crippen LogP contribution in [0, 0.1) is 6.92 Å². The second-order valence-electron chi connectivity index (χ2n) is 8.16. The van der Waals surface area contributed by atoms with Gasteiger partial charge in [0.2, 0.25) is 5.91 Å². The number of hydrogen-bond acceptors (Lipinski definition) is 5. The zero-order chi connectivity index (χ0) is 20.2. The third-order valence-electron chi connectivity index (χ3n) is 6.17. The molecule has 6 heteroatoms. The van der Waals surface area contributed by atoms with E-state index in [9.17, 15) is 4.79 Å². The van der Waals surface area contributed by atoms with Gasteiger partial charge in [-0.3, -0.25) is 9.78 Å². The predicted octanol–water partition coefficient (Wildman–Crippen LogP) is 3.29. The van der Waals surface area contributed by atoms with E-state index in [1.54, 1.807) is 0 Å². The molecule has 4 rings (SSSR count). The van der Waals surface area contributed by atoms with Crippen molar-refractivity contribution in [2.45, 2.75) is 58.3 Å². The molecule has 0 spiro atoms. The van der Waals surface area contributed by atoms with Gasteiger partial charge >= 0.3 is 0 Å². The van der Waals surface area contributed by atoms with E-state index in [0.29, 0.717) is 6.42 Å². The zero-order valence-electron chi connectivity index (χ0n) is 17.6. The number of aromatic nitrogens is 3. The normalized spacial score (nSPS) is 19.2. The average Bonchev–Trinajstić information content (AvgIpc) is 2.78. The van der Waals surface area contributed by atoms with E-state index in [2.05, 4.69) is 22.9 Å². The van der Waals surface area contributed by atoms with E-state index in [0.717, 1.165) is 81.3 Å². The standard InChI is InChI=1S/C23H31N5O/c1-3-21(29)28-14-6-8-18(16-28)22-25-17(2)20-10-7-13-27(23(20)26-22)15-11-19-9-4-5-12-24-19/h4-5,9,12,18H,3,6-8,10-11,13-16H2,1-2H3. The summed E-state index contributed by atoms with van der Waals surface area (Å²) >= 11 is 0. The molecule has 0 aliphatic carbocycles. The number of fused-ring (bicyclic) bond motifs is 1. The molecule has 0 aromatic carbocycles. The first-order valence-corrected chi connectivity index (χ1v) is 11.0. The van der Waals surface area contributed by atoms with Gasteiger partial charge < -0.3 is 9.80 Å². The van der Waals surface area contributed by atoms with Crippen molar-refractivity contribution in [3.8, 4) is 0 Å². The molecule has 0 bridgehead atoms. The lowest BCUT2D eigenvalue weighted by Crippen LogP contribution is -2.39. The Balaban J connectivity index is 1.55. The molecule has 1 fully saturated rings. The quantitative estimate of drug-likeness (QED) is 0.780. The molecular weight excluding hydrogens is 362 g/mol. The minimum Gasteiger partial charge on any atom is -0.356 e. The number of anilines is 1. The van der Waals surface area contributed by atoms with Gasteiger partial charge in [-0.15, -0.1) is 0 Å². The van der Waals surface area contributed by atoms with E-state index in [1.165, 1.54) is 5.56 Å². The van der Waals surface area contributed by atoms with Crippen LogP contribution < -0.4 is 4.90 Å². The fourth-order valence-electron chi connectivity index (χ4n) is 4.54. The molecule has 6 nitrogen and oxygen atoms in total. The number of aryl methyl sites for hydroxylation is 1. The van der Waals surface area contributed by atoms with Crippen molar-refractivity contribution < 1.29 is 4.79 Å². The Hall–Kier alpha value is -2.50. The summed E-state index contributed by atoms with van der Waals surface area (Å²) in [5.74, 6) is 2.50. The molecule has 2 aromatic rings. The summed E-state index contributed by atoms with van der Waals surface area (Å²) in [5, 5.41) is 0. The molecule has 0 saturated carbocycles. The predicted molar refractivity (Wildman–Crippen MR) is 114 cm³/mol. The lowest BCUT2D eigenvalue weighted by atomic mass is 9.95. The zero-order valence-corrected chi connectivity index (χ0v) is 17.6. The molecule has 2 aromatic heterocycles. The first kappa shape index (κ1) is 19.8. The summed E-state index contributed by atoms with van der Waals surface area (Å²) in [6, 6.07) is 6.09. The highest BCUT2D eigenvalue weighted by molar-refractivity contribution is 5.76. The van der Waals surface area contributed by atoms with Crippen LogP contribution >= 0.6 is 0 Å². The maximum atomic E-state index is 12.2. The summed E-state index contributed by atoms with van der Waals surface area (Å²) < 4.78 is 0. The van der Waals surface area contributed by atoms with Crippen molar-refractivity contribution in [1.82, 2.24) is 19.9 Å². The Labute approximate surface area is 173 Å². The Kier molecular flexibility index (Phi) is 6.07. The van der Waals surface area contributed by atoms with Crippen molar-refractivity contribution >= 4 is 11.7 Å². The summed E-state index contributed by atoms with van der Waals surface area (Å²) in [7, 11) is 0. The highest BCUT2D eigenvalue weighted by Crippen LogP contribution is 2.31. The van der Waals surface area contributed by atoms with E-state index in [1.807, 2.05) is 30.2 Å². The molecule has 2 aliphatic rings. The molecule has 0 radical (unpaired) electrons. The second-order valence-corrected chi connectivity index (χ2v) is 8.16. The van der Waals surface area contributed by atoms with E-state index in [4.69, 9.17) is 9.97 Å². The molecule has 1 amide bonds. The van der Waals surface area contributed by atoms with Crippen LogP contribution in [0.15, 0.2) is 24.4 Å². The molecular formula is C23H31N5O. The number of carbonyl (C=O) groups is 1. The molecule has 1 unspecified atom stereocenters. The third-order valence-corrected chi connectivity index (χ3v) is 6.17. The van der Waals surface area contributed by atoms with Crippen LogP contribution in [0.3, 0.4) is 0 Å². The summed E-state index contributed by atoms with van der Waals surface area (Å²) in [6.45, 7) is 7.61. The van der Waals surface area contributed by atoms with Gasteiger partial charge in [0.25, 0.3) is 0 Å². The van der Waals surface area contributed by atoms with Crippen molar-refractivity contribution in [3.63, 3.8) is 0 Å². The second kappa shape index (κ2) is 8.89. The van der Waals surface area contributed by atoms with Gasteiger partial charge in [-0.1, -0.05) is 13.0 Å². The topological polar surface area (TPSA) is 62.2 Å². The Morgan fingerprint density at radius 1 is 1.21 bits per heavy atom. The number of piperidine rings is 1. The minimum atomic E-state index is 0.237. The molecule has 2 aliphatic heterocycles. The number of carbonyl (C=O) groups excluding carboxylic acids is 1. The smallest absolute Gasteiger partial charge is 0.222 e. The number of hydrogen-bond donors (Lipinski definition) is 0. The van der Waals surface area contributed by atoms with Crippen LogP contribution in [0.25, 0.3) is 0 Å². The maximum absolute atomic E-state index is 12.2. The van der Waals surface area contributed by atoms with Crippen LogP contribution in [0.4, 0.5) is 5.82 Å². The van der Waals surface area contributed by atoms with Gasteiger partial charge in [0.1, 0.15) is 11.6 Å². The number of pyridine rings is 1. The summed E-state index contributed by atoms with van der Waals surface area (Å²) in [6.07, 6.45) is 7.61. The molecule has 0 N–H and O–H groups in total. The Bertz CT molecular complexity index is 854. The minimum absolute atomic E-state index is 0.237. The SMILES string of the molecule is CCC(=O)N1CCCC(c2nc(C)c3c(n2)N(CCc2ccccn2)CCC3)C1. The van der Waals surface area contributed by atoms with Crippen molar-refractivity contribution in [3.05, 3.63) is 47.2 Å². The molecule has 4 heterocycles. The van der Waals surface area contributed by atoms with E-state index < -0.39 is 0 Å². The fourth-order valence-corrected chi connectivity index (χ4v) is 4.54. The van der Waals surface area contributed by atoms with Crippen LogP contribution in [0.1, 0.15) is 61.3 Å². The van der Waals surface area contributed by atoms with Gasteiger partial charge in [0.05, 0.1) is 0 Å². The van der Waals surface area contributed by atoms with E-state index in [-0.39, 0.29) is 11.8 Å². The number of nitrogens with zero attached hydrogens (tertiary/aromatic N) is 5. The van der Waals surface area contributed by atoms with Gasteiger partial charge in [-0.25, -0.2) is 9.97 Å². The first-order chi connectivity index (χ1) is 14.2. The molecule has 154 valence electrons. The lowest BCUT2D eigenvalue weighted by molar-refractivity contribution is -0.132. The van der Waals surface area contributed by atoms with Gasteiger partial charge in [-0.2, -0.15) is 0 Å². The van der Waals surface area contributed by atoms with E-state index >= 15 is 0 Å². The Morgan fingerprint density at radius 2 is 2.10 bits per heavy atom. The summed E-state index contributed by atoms with van der Waals surface area (Å²) in [4.78, 5) is 31.0. The first-order valence-electron chi connectivity index (χ1n) is 11.0. The highest BCUT2D eigenvalue weighted by atomic mass is 16.2. The van der Waals surface area contributed by atoms with Gasteiger partial charge in [-0.05, 0) is 44.7 Å². The van der Waals surface area contributed by atoms with Crippen LogP contribution in [-0.4, -0.2) is 51.9 Å². The van der Waals surface area contributed by atoms with Crippen LogP contribution in [0.2, 0.25) is 0 Å². The van der Waals surface area contributed by atoms with Crippen molar-refractivity contribution in [2.24, 2.45) is 0 Å². The highest BCUT2D eigenvalue weighted by Gasteiger charge is 2.29. The third kappa shape index (κ3) is 4.41. The maximum Gasteiger partial charge on any atom is 0.222 e. The van der Waals surface area contributed by atoms with Crippen LogP contribution in [0.5, 0.6) is 0 Å². The Morgan fingerprint density at radius 3 is 2.90 bits per heavy atom. The fraction of sp³-hybridized carbons (Fsp3) is 0.565. The van der Waals surface area contributed by atoms with Crippen molar-refractivity contribution in [2.75, 3.05) is 31.1 Å².